The summed E-state index contributed by atoms with van der Waals surface area (Å²) in [5.41, 5.74) is 1.21. The Morgan fingerprint density at radius 3 is 2.88 bits per heavy atom. The lowest BCUT2D eigenvalue weighted by Crippen LogP contribution is -2.39. The number of hydrogen-bond donors (Lipinski definition) is 0. The number of halogens is 3. The fraction of sp³-hybridized carbons (Fsp3) is 0.538. The van der Waals surface area contributed by atoms with Crippen LogP contribution in [0.2, 0.25) is 5.02 Å². The van der Waals surface area contributed by atoms with E-state index in [-0.39, 0.29) is 0 Å². The molecular weight excluding hydrogens is 365 g/mol. The summed E-state index contributed by atoms with van der Waals surface area (Å²) in [4.78, 5) is 3.07. The zero-order valence-electron chi connectivity index (χ0n) is 9.80. The van der Waals surface area contributed by atoms with Crippen LogP contribution in [0.3, 0.4) is 0 Å². The lowest BCUT2D eigenvalue weighted by Gasteiger charge is -2.34. The van der Waals surface area contributed by atoms with Crippen LogP contribution in [-0.2, 0) is 6.54 Å². The van der Waals surface area contributed by atoms with Crippen LogP contribution in [0, 0.1) is 5.92 Å². The van der Waals surface area contributed by atoms with E-state index in [4.69, 9.17) is 11.6 Å². The summed E-state index contributed by atoms with van der Waals surface area (Å²) in [6, 6.07) is 6.13. The van der Waals surface area contributed by atoms with Gasteiger partial charge in [0.1, 0.15) is 0 Å². The molecule has 1 fully saturated rings. The predicted octanol–water partition coefficient (Wildman–Crippen LogP) is 4.71. The van der Waals surface area contributed by atoms with Crippen LogP contribution in [0.5, 0.6) is 0 Å². The second-order valence-electron chi connectivity index (χ2n) is 4.75. The highest BCUT2D eigenvalue weighted by molar-refractivity contribution is 9.10. The Morgan fingerprint density at radius 2 is 2.24 bits per heavy atom. The Bertz CT molecular complexity index is 397. The molecule has 1 aliphatic heterocycles. The van der Waals surface area contributed by atoms with Crippen molar-refractivity contribution in [2.75, 3.05) is 13.1 Å². The van der Waals surface area contributed by atoms with E-state index >= 15 is 0 Å². The molecule has 1 aromatic carbocycles. The highest BCUT2D eigenvalue weighted by atomic mass is 79.9. The van der Waals surface area contributed by atoms with Crippen molar-refractivity contribution in [3.8, 4) is 0 Å². The topological polar surface area (TPSA) is 3.24 Å². The summed E-state index contributed by atoms with van der Waals surface area (Å²) in [7, 11) is 0. The van der Waals surface area contributed by atoms with Gasteiger partial charge in [-0.2, -0.15) is 0 Å². The van der Waals surface area contributed by atoms with E-state index in [1.807, 2.05) is 6.07 Å². The summed E-state index contributed by atoms with van der Waals surface area (Å²) in [6.07, 6.45) is 1.25. The van der Waals surface area contributed by atoms with Crippen molar-refractivity contribution in [2.45, 2.75) is 24.7 Å². The minimum Gasteiger partial charge on any atom is -0.298 e. The number of benzene rings is 1. The van der Waals surface area contributed by atoms with Crippen molar-refractivity contribution in [2.24, 2.45) is 5.92 Å². The van der Waals surface area contributed by atoms with Crippen LogP contribution in [0.1, 0.15) is 18.9 Å². The summed E-state index contributed by atoms with van der Waals surface area (Å²) >= 11 is 13.4. The average molecular weight is 382 g/mol. The minimum atomic E-state index is 0.602. The standard InChI is InChI=1S/C13H16Br2ClN/c1-9-4-5-17(8-12(9)15)7-10-2-3-11(14)6-13(10)16/h2-3,6,9,12H,4-5,7-8H2,1H3. The number of alkyl halides is 1. The summed E-state index contributed by atoms with van der Waals surface area (Å²) in [5.74, 6) is 0.770. The van der Waals surface area contributed by atoms with Gasteiger partial charge in [-0.1, -0.05) is 56.5 Å². The molecule has 0 radical (unpaired) electrons. The van der Waals surface area contributed by atoms with Gasteiger partial charge in [0.15, 0.2) is 0 Å². The van der Waals surface area contributed by atoms with E-state index in [9.17, 15) is 0 Å². The molecule has 0 spiro atoms. The molecule has 0 saturated carbocycles. The summed E-state index contributed by atoms with van der Waals surface area (Å²) in [5, 5.41) is 0.851. The molecule has 2 atom stereocenters. The van der Waals surface area contributed by atoms with Crippen LogP contribution in [0.4, 0.5) is 0 Å². The minimum absolute atomic E-state index is 0.602. The third-order valence-corrected chi connectivity index (χ3v) is 5.40. The number of rotatable bonds is 2. The lowest BCUT2D eigenvalue weighted by atomic mass is 9.98. The molecule has 0 aliphatic carbocycles. The van der Waals surface area contributed by atoms with Crippen LogP contribution in [0.15, 0.2) is 22.7 Å². The first-order chi connectivity index (χ1) is 8.06. The first kappa shape index (κ1) is 13.9. The first-order valence-electron chi connectivity index (χ1n) is 5.86. The molecule has 0 bridgehead atoms. The maximum Gasteiger partial charge on any atom is 0.0462 e. The van der Waals surface area contributed by atoms with Crippen LogP contribution < -0.4 is 0 Å². The quantitative estimate of drug-likeness (QED) is 0.671. The zero-order chi connectivity index (χ0) is 12.4. The molecule has 1 heterocycles. The van der Waals surface area contributed by atoms with Gasteiger partial charge in [-0.25, -0.2) is 0 Å². The number of likely N-dealkylation sites (tertiary alicyclic amines) is 1. The third kappa shape index (κ3) is 3.69. The first-order valence-corrected chi connectivity index (χ1v) is 7.95. The maximum atomic E-state index is 6.25. The van der Waals surface area contributed by atoms with E-state index in [2.05, 4.69) is 55.8 Å². The summed E-state index contributed by atoms with van der Waals surface area (Å²) < 4.78 is 1.04. The van der Waals surface area contributed by atoms with Gasteiger partial charge in [0.05, 0.1) is 0 Å². The summed E-state index contributed by atoms with van der Waals surface area (Å²) in [6.45, 7) is 5.52. The van der Waals surface area contributed by atoms with E-state index in [1.54, 1.807) is 0 Å². The number of piperidine rings is 1. The molecule has 2 unspecified atom stereocenters. The lowest BCUT2D eigenvalue weighted by molar-refractivity contribution is 0.194. The van der Waals surface area contributed by atoms with Gasteiger partial charge >= 0.3 is 0 Å². The molecule has 2 rings (SSSR count). The van der Waals surface area contributed by atoms with Gasteiger partial charge in [0.2, 0.25) is 0 Å². The Balaban J connectivity index is 2.01. The van der Waals surface area contributed by atoms with Gasteiger partial charge in [0.25, 0.3) is 0 Å². The Labute approximate surface area is 125 Å². The van der Waals surface area contributed by atoms with Crippen molar-refractivity contribution < 1.29 is 0 Å². The van der Waals surface area contributed by atoms with E-state index < -0.39 is 0 Å². The average Bonchev–Trinajstić information content (AvgIpc) is 2.27. The van der Waals surface area contributed by atoms with E-state index in [0.29, 0.717) is 4.83 Å². The maximum absolute atomic E-state index is 6.25. The molecule has 17 heavy (non-hydrogen) atoms. The third-order valence-electron chi connectivity index (χ3n) is 3.36. The predicted molar refractivity (Wildman–Crippen MR) is 80.9 cm³/mol. The van der Waals surface area contributed by atoms with Crippen molar-refractivity contribution in [1.82, 2.24) is 4.90 Å². The molecule has 1 aliphatic rings. The molecule has 1 nitrogen and oxygen atoms in total. The second kappa shape index (κ2) is 6.05. The largest absolute Gasteiger partial charge is 0.298 e. The molecule has 1 aromatic rings. The van der Waals surface area contributed by atoms with E-state index in [1.165, 1.54) is 12.0 Å². The number of nitrogens with zero attached hydrogens (tertiary/aromatic N) is 1. The fourth-order valence-corrected chi connectivity index (χ4v) is 3.53. The van der Waals surface area contributed by atoms with Gasteiger partial charge in [0, 0.05) is 27.4 Å². The van der Waals surface area contributed by atoms with Gasteiger partial charge in [-0.3, -0.25) is 4.90 Å². The van der Waals surface area contributed by atoms with Crippen LogP contribution in [0.25, 0.3) is 0 Å². The molecule has 0 N–H and O–H groups in total. The van der Waals surface area contributed by atoms with Crippen molar-refractivity contribution in [3.63, 3.8) is 0 Å². The van der Waals surface area contributed by atoms with Crippen LogP contribution in [-0.4, -0.2) is 22.8 Å². The molecule has 0 amide bonds. The Hall–Kier alpha value is 0.430. The molecular formula is C13H16Br2ClN. The zero-order valence-corrected chi connectivity index (χ0v) is 13.7. The normalized spacial score (nSPS) is 26.1. The molecule has 94 valence electrons. The van der Waals surface area contributed by atoms with Gasteiger partial charge in [-0.05, 0) is 36.6 Å². The second-order valence-corrected chi connectivity index (χ2v) is 7.25. The van der Waals surface area contributed by atoms with E-state index in [0.717, 1.165) is 35.0 Å². The van der Waals surface area contributed by atoms with Crippen molar-refractivity contribution in [1.29, 1.82) is 0 Å². The Kier molecular flexibility index (Phi) is 4.93. The molecule has 4 heteroatoms. The SMILES string of the molecule is CC1CCN(Cc2ccc(Br)cc2Cl)CC1Br. The number of hydrogen-bond acceptors (Lipinski definition) is 1. The van der Waals surface area contributed by atoms with Crippen molar-refractivity contribution >= 4 is 43.5 Å². The smallest absolute Gasteiger partial charge is 0.0462 e. The highest BCUT2D eigenvalue weighted by Gasteiger charge is 2.24. The molecule has 0 aromatic heterocycles. The van der Waals surface area contributed by atoms with Gasteiger partial charge < -0.3 is 0 Å². The van der Waals surface area contributed by atoms with Crippen LogP contribution >= 0.6 is 43.5 Å². The fourth-order valence-electron chi connectivity index (χ4n) is 2.12. The monoisotopic (exact) mass is 379 g/mol. The van der Waals surface area contributed by atoms with Crippen molar-refractivity contribution in [3.05, 3.63) is 33.3 Å². The Morgan fingerprint density at radius 1 is 1.47 bits per heavy atom. The van der Waals surface area contributed by atoms with Gasteiger partial charge in [-0.15, -0.1) is 0 Å². The highest BCUT2D eigenvalue weighted by Crippen LogP contribution is 2.27. The molecule has 1 saturated heterocycles.